The first-order valence-electron chi connectivity index (χ1n) is 7.25. The molecule has 3 nitrogen and oxygen atoms in total. The lowest BCUT2D eigenvalue weighted by molar-refractivity contribution is -0.0294. The summed E-state index contributed by atoms with van der Waals surface area (Å²) in [6.45, 7) is 10.5. The Balaban J connectivity index is 2.05. The van der Waals surface area contributed by atoms with E-state index in [9.17, 15) is 0 Å². The third-order valence-corrected chi connectivity index (χ3v) is 3.60. The fraction of sp³-hybridized carbons (Fsp3) is 0.688. The minimum absolute atomic E-state index is 0.160. The second-order valence-electron chi connectivity index (χ2n) is 6.56. The molecule has 19 heavy (non-hydrogen) atoms. The zero-order valence-corrected chi connectivity index (χ0v) is 12.6. The van der Waals surface area contributed by atoms with Gasteiger partial charge in [-0.25, -0.2) is 0 Å². The second kappa shape index (κ2) is 6.02. The van der Waals surface area contributed by atoms with Crippen LogP contribution >= 0.6 is 0 Å². The van der Waals surface area contributed by atoms with Gasteiger partial charge in [0.25, 0.3) is 0 Å². The van der Waals surface area contributed by atoms with Crippen molar-refractivity contribution in [2.24, 2.45) is 5.92 Å². The molecule has 1 aromatic rings. The van der Waals surface area contributed by atoms with Crippen LogP contribution in [-0.4, -0.2) is 23.7 Å². The molecule has 2 rings (SSSR count). The van der Waals surface area contributed by atoms with Crippen molar-refractivity contribution in [3.63, 3.8) is 0 Å². The first-order chi connectivity index (χ1) is 8.96. The Kier molecular flexibility index (Phi) is 4.58. The van der Waals surface area contributed by atoms with Gasteiger partial charge in [-0.15, -0.1) is 0 Å². The standard InChI is InChI=1S/C16H26N2O/c1-12-7-8-14(10-17-12)15-13(6-5-9-19-15)11-18-16(2,3)4/h7-8,10,13,15,18H,5-6,9,11H2,1-4H3. The number of hydrogen-bond acceptors (Lipinski definition) is 3. The van der Waals surface area contributed by atoms with Crippen molar-refractivity contribution in [2.75, 3.05) is 13.2 Å². The number of nitrogens with one attached hydrogen (secondary N) is 1. The molecule has 1 aromatic heterocycles. The molecule has 0 radical (unpaired) electrons. The highest BCUT2D eigenvalue weighted by atomic mass is 16.5. The van der Waals surface area contributed by atoms with Gasteiger partial charge in [0.2, 0.25) is 0 Å². The molecule has 1 saturated heterocycles. The van der Waals surface area contributed by atoms with Crippen LogP contribution in [0.1, 0.15) is 51.0 Å². The topological polar surface area (TPSA) is 34.1 Å². The average molecular weight is 262 g/mol. The molecule has 2 heterocycles. The van der Waals surface area contributed by atoms with Crippen molar-refractivity contribution in [2.45, 2.75) is 52.2 Å². The van der Waals surface area contributed by atoms with Crippen molar-refractivity contribution < 1.29 is 4.74 Å². The highest BCUT2D eigenvalue weighted by Crippen LogP contribution is 2.33. The number of ether oxygens (including phenoxy) is 1. The Morgan fingerprint density at radius 3 is 2.79 bits per heavy atom. The third kappa shape index (κ3) is 4.29. The number of rotatable bonds is 3. The summed E-state index contributed by atoms with van der Waals surface area (Å²) < 4.78 is 6.00. The van der Waals surface area contributed by atoms with Gasteiger partial charge in [-0.3, -0.25) is 4.98 Å². The highest BCUT2D eigenvalue weighted by molar-refractivity contribution is 5.17. The maximum Gasteiger partial charge on any atom is 0.0880 e. The Labute approximate surface area is 116 Å². The Morgan fingerprint density at radius 1 is 1.37 bits per heavy atom. The largest absolute Gasteiger partial charge is 0.373 e. The van der Waals surface area contributed by atoms with Gasteiger partial charge in [0.15, 0.2) is 0 Å². The predicted molar refractivity (Wildman–Crippen MR) is 78.1 cm³/mol. The summed E-state index contributed by atoms with van der Waals surface area (Å²) in [6, 6.07) is 4.23. The van der Waals surface area contributed by atoms with Gasteiger partial charge in [-0.2, -0.15) is 0 Å². The lowest BCUT2D eigenvalue weighted by atomic mass is 9.89. The molecule has 106 valence electrons. The lowest BCUT2D eigenvalue weighted by Gasteiger charge is -2.34. The van der Waals surface area contributed by atoms with Gasteiger partial charge in [0.05, 0.1) is 6.10 Å². The molecular weight excluding hydrogens is 236 g/mol. The van der Waals surface area contributed by atoms with E-state index in [0.717, 1.165) is 25.3 Å². The summed E-state index contributed by atoms with van der Waals surface area (Å²) in [5, 5.41) is 3.60. The molecule has 1 aliphatic heterocycles. The fourth-order valence-corrected chi connectivity index (χ4v) is 2.51. The second-order valence-corrected chi connectivity index (χ2v) is 6.56. The summed E-state index contributed by atoms with van der Waals surface area (Å²) in [5.41, 5.74) is 2.43. The van der Waals surface area contributed by atoms with Crippen LogP contribution in [0.2, 0.25) is 0 Å². The van der Waals surface area contributed by atoms with Crippen LogP contribution in [0.4, 0.5) is 0 Å². The fourth-order valence-electron chi connectivity index (χ4n) is 2.51. The molecule has 1 N–H and O–H groups in total. The van der Waals surface area contributed by atoms with E-state index >= 15 is 0 Å². The van der Waals surface area contributed by atoms with Crippen LogP contribution in [0.25, 0.3) is 0 Å². The molecule has 0 aromatic carbocycles. The van der Waals surface area contributed by atoms with Gasteiger partial charge in [0.1, 0.15) is 0 Å². The van der Waals surface area contributed by atoms with Crippen LogP contribution in [0, 0.1) is 12.8 Å². The van der Waals surface area contributed by atoms with Gasteiger partial charge >= 0.3 is 0 Å². The monoisotopic (exact) mass is 262 g/mol. The quantitative estimate of drug-likeness (QED) is 0.908. The third-order valence-electron chi connectivity index (χ3n) is 3.60. The van der Waals surface area contributed by atoms with E-state index in [1.807, 2.05) is 13.1 Å². The van der Waals surface area contributed by atoms with E-state index in [1.165, 1.54) is 12.0 Å². The molecule has 3 heteroatoms. The van der Waals surface area contributed by atoms with E-state index < -0.39 is 0 Å². The number of hydrogen-bond donors (Lipinski definition) is 1. The van der Waals surface area contributed by atoms with Gasteiger partial charge < -0.3 is 10.1 Å². The Morgan fingerprint density at radius 2 is 2.16 bits per heavy atom. The van der Waals surface area contributed by atoms with Crippen molar-refractivity contribution in [1.29, 1.82) is 0 Å². The van der Waals surface area contributed by atoms with Crippen LogP contribution < -0.4 is 5.32 Å². The van der Waals surface area contributed by atoms with E-state index in [0.29, 0.717) is 5.92 Å². The van der Waals surface area contributed by atoms with Gasteiger partial charge in [0, 0.05) is 36.5 Å². The predicted octanol–water partition coefficient (Wildman–Crippen LogP) is 3.25. The SMILES string of the molecule is Cc1ccc(C2OCCCC2CNC(C)(C)C)cn1. The first-order valence-corrected chi connectivity index (χ1v) is 7.25. The van der Waals surface area contributed by atoms with Crippen LogP contribution in [-0.2, 0) is 4.74 Å². The molecule has 2 atom stereocenters. The van der Waals surface area contributed by atoms with E-state index in [1.54, 1.807) is 0 Å². The van der Waals surface area contributed by atoms with E-state index in [2.05, 4.69) is 43.2 Å². The number of nitrogens with zero attached hydrogens (tertiary/aromatic N) is 1. The maximum absolute atomic E-state index is 6.00. The molecule has 1 fully saturated rings. The lowest BCUT2D eigenvalue weighted by Crippen LogP contribution is -2.41. The smallest absolute Gasteiger partial charge is 0.0880 e. The Hall–Kier alpha value is -0.930. The van der Waals surface area contributed by atoms with Crippen LogP contribution in [0.5, 0.6) is 0 Å². The number of aryl methyl sites for hydroxylation is 1. The summed E-state index contributed by atoms with van der Waals surface area (Å²) in [7, 11) is 0. The number of pyridine rings is 1. The van der Waals surface area contributed by atoms with Crippen molar-refractivity contribution in [3.05, 3.63) is 29.6 Å². The van der Waals surface area contributed by atoms with Gasteiger partial charge in [-0.1, -0.05) is 6.07 Å². The molecule has 0 amide bonds. The molecule has 0 saturated carbocycles. The summed E-state index contributed by atoms with van der Waals surface area (Å²) >= 11 is 0. The van der Waals surface area contributed by atoms with Crippen molar-refractivity contribution in [1.82, 2.24) is 10.3 Å². The zero-order valence-electron chi connectivity index (χ0n) is 12.6. The summed E-state index contributed by atoms with van der Waals surface area (Å²) in [6.07, 6.45) is 4.54. The molecule has 0 spiro atoms. The maximum atomic E-state index is 6.00. The molecule has 2 unspecified atom stereocenters. The van der Waals surface area contributed by atoms with E-state index in [4.69, 9.17) is 4.74 Å². The van der Waals surface area contributed by atoms with Gasteiger partial charge in [-0.05, 0) is 52.2 Å². The van der Waals surface area contributed by atoms with Crippen LogP contribution in [0.3, 0.4) is 0 Å². The summed E-state index contributed by atoms with van der Waals surface area (Å²) in [4.78, 5) is 4.40. The van der Waals surface area contributed by atoms with Crippen molar-refractivity contribution >= 4 is 0 Å². The highest BCUT2D eigenvalue weighted by Gasteiger charge is 2.28. The minimum Gasteiger partial charge on any atom is -0.373 e. The average Bonchev–Trinajstić information content (AvgIpc) is 2.37. The minimum atomic E-state index is 0.160. The molecule has 1 aliphatic rings. The molecular formula is C16H26N2O. The first kappa shape index (κ1) is 14.5. The molecule has 0 aliphatic carbocycles. The van der Waals surface area contributed by atoms with E-state index in [-0.39, 0.29) is 11.6 Å². The summed E-state index contributed by atoms with van der Waals surface area (Å²) in [5.74, 6) is 0.539. The van der Waals surface area contributed by atoms with Crippen LogP contribution in [0.15, 0.2) is 18.3 Å². The normalized spacial score (nSPS) is 24.4. The van der Waals surface area contributed by atoms with Crippen molar-refractivity contribution in [3.8, 4) is 0 Å². The molecule has 0 bridgehead atoms. The zero-order chi connectivity index (χ0) is 13.9. The Bertz CT molecular complexity index is 394. The number of aromatic nitrogens is 1.